The van der Waals surface area contributed by atoms with Crippen molar-refractivity contribution in [2.45, 2.75) is 63.5 Å². The summed E-state index contributed by atoms with van der Waals surface area (Å²) in [4.78, 5) is 32.5. The predicted molar refractivity (Wildman–Crippen MR) is 112 cm³/mol. The molecule has 0 aliphatic carbocycles. The number of hydrogen-bond donors (Lipinski definition) is 4. The number of carboxylic acid groups (broad SMARTS) is 2. The third-order valence-electron chi connectivity index (χ3n) is 3.61. The van der Waals surface area contributed by atoms with Crippen LogP contribution in [0.1, 0.15) is 51.4 Å². The van der Waals surface area contributed by atoms with Gasteiger partial charge >= 0.3 is 17.9 Å². The maximum absolute atomic E-state index is 11.5. The normalized spacial score (nSPS) is 11.9. The fraction of sp³-hybridized carbons (Fsp3) is 0.650. The summed E-state index contributed by atoms with van der Waals surface area (Å²) in [5, 5.41) is 17.2. The molecule has 0 rings (SSSR count). The molecule has 0 aromatic rings. The van der Waals surface area contributed by atoms with Crippen molar-refractivity contribution >= 4 is 29.7 Å². The van der Waals surface area contributed by atoms with Crippen LogP contribution in [-0.2, 0) is 19.1 Å². The average Bonchev–Trinajstić information content (AvgIpc) is 2.68. The van der Waals surface area contributed by atoms with Crippen LogP contribution in [0.25, 0.3) is 0 Å². The zero-order valence-electron chi connectivity index (χ0n) is 16.5. The van der Waals surface area contributed by atoms with Crippen LogP contribution in [-0.4, -0.2) is 58.3 Å². The van der Waals surface area contributed by atoms with Crippen LogP contribution in [0, 0.1) is 23.7 Å². The molecule has 0 aliphatic heterocycles. The first kappa shape index (κ1) is 26.8. The molecule has 0 saturated heterocycles. The monoisotopic (exact) mass is 426 g/mol. The average molecular weight is 427 g/mol. The number of thioether (sulfide) groups is 1. The van der Waals surface area contributed by atoms with Gasteiger partial charge in [-0.2, -0.15) is 11.8 Å². The van der Waals surface area contributed by atoms with Crippen LogP contribution < -0.4 is 11.5 Å². The van der Waals surface area contributed by atoms with Gasteiger partial charge in [0.2, 0.25) is 0 Å². The lowest BCUT2D eigenvalue weighted by molar-refractivity contribution is -0.146. The van der Waals surface area contributed by atoms with Crippen molar-refractivity contribution in [3.63, 3.8) is 0 Å². The van der Waals surface area contributed by atoms with Crippen LogP contribution in [0.5, 0.6) is 0 Å². The van der Waals surface area contributed by atoms with Crippen molar-refractivity contribution in [3.05, 3.63) is 0 Å². The van der Waals surface area contributed by atoms with Gasteiger partial charge in [0.05, 0.1) is 6.61 Å². The molecule has 0 amide bonds. The Morgan fingerprint density at radius 1 is 0.931 bits per heavy atom. The van der Waals surface area contributed by atoms with Crippen molar-refractivity contribution in [3.8, 4) is 23.7 Å². The van der Waals surface area contributed by atoms with E-state index >= 15 is 0 Å². The molecule has 2 unspecified atom stereocenters. The van der Waals surface area contributed by atoms with E-state index in [0.717, 1.165) is 31.4 Å². The van der Waals surface area contributed by atoms with Gasteiger partial charge in [-0.3, -0.25) is 14.4 Å². The highest BCUT2D eigenvalue weighted by molar-refractivity contribution is 7.99. The van der Waals surface area contributed by atoms with Gasteiger partial charge in [-0.05, 0) is 49.7 Å². The van der Waals surface area contributed by atoms with Gasteiger partial charge in [0, 0.05) is 25.0 Å². The number of carboxylic acids is 2. The standard InChI is InChI=1S/C20H30N2O6S/c21-16(11-12-18(23)24)20(27)28-13-9-7-5-3-1-2-4-6-8-10-14-29-15-17(22)19(25)26/h16-17H,5-15,21-22H2,(H,23,24)(H,25,26). The van der Waals surface area contributed by atoms with E-state index in [-0.39, 0.29) is 19.4 Å². The van der Waals surface area contributed by atoms with Gasteiger partial charge in [0.15, 0.2) is 0 Å². The predicted octanol–water partition coefficient (Wildman–Crippen LogP) is 1.21. The molecule has 0 aromatic carbocycles. The molecule has 162 valence electrons. The molecule has 0 bridgehead atoms. The maximum Gasteiger partial charge on any atom is 0.322 e. The number of rotatable bonds is 15. The van der Waals surface area contributed by atoms with E-state index in [2.05, 4.69) is 23.7 Å². The molecule has 6 N–H and O–H groups in total. The molecule has 8 nitrogen and oxygen atoms in total. The fourth-order valence-electron chi connectivity index (χ4n) is 1.90. The first-order chi connectivity index (χ1) is 13.8. The second kappa shape index (κ2) is 17.9. The van der Waals surface area contributed by atoms with Crippen LogP contribution >= 0.6 is 11.8 Å². The van der Waals surface area contributed by atoms with Crippen molar-refractivity contribution in [1.82, 2.24) is 0 Å². The zero-order valence-corrected chi connectivity index (χ0v) is 17.3. The lowest BCUT2D eigenvalue weighted by Crippen LogP contribution is -2.33. The number of carbonyl (C=O) groups is 3. The number of aliphatic carboxylic acids is 2. The molecule has 9 heteroatoms. The Morgan fingerprint density at radius 3 is 2.14 bits per heavy atom. The Labute approximate surface area is 176 Å². The van der Waals surface area contributed by atoms with Crippen molar-refractivity contribution in [2.24, 2.45) is 11.5 Å². The lowest BCUT2D eigenvalue weighted by atomic mass is 10.2. The topological polar surface area (TPSA) is 153 Å². The van der Waals surface area contributed by atoms with E-state index in [1.807, 2.05) is 0 Å². The van der Waals surface area contributed by atoms with E-state index in [9.17, 15) is 14.4 Å². The molecular formula is C20H30N2O6S. The summed E-state index contributed by atoms with van der Waals surface area (Å²) in [6.45, 7) is 0.238. The summed E-state index contributed by atoms with van der Waals surface area (Å²) in [5.41, 5.74) is 10.9. The number of unbranched alkanes of at least 4 members (excludes halogenated alkanes) is 4. The van der Waals surface area contributed by atoms with Crippen molar-refractivity contribution in [2.75, 3.05) is 18.1 Å². The Bertz CT molecular complexity index is 632. The molecule has 0 fully saturated rings. The summed E-state index contributed by atoms with van der Waals surface area (Å²) >= 11 is 1.53. The SMILES string of the molecule is NC(CSCCCCC#CC#CCCCCOC(=O)C(N)CCC(=O)O)C(=O)O. The van der Waals surface area contributed by atoms with Gasteiger partial charge in [-0.25, -0.2) is 0 Å². The molecule has 0 saturated carbocycles. The second-order valence-electron chi connectivity index (χ2n) is 6.24. The highest BCUT2D eigenvalue weighted by atomic mass is 32.2. The number of nitrogens with two attached hydrogens (primary N) is 2. The summed E-state index contributed by atoms with van der Waals surface area (Å²) in [6.07, 6.45) is 4.62. The Morgan fingerprint density at radius 2 is 1.55 bits per heavy atom. The summed E-state index contributed by atoms with van der Waals surface area (Å²) in [5.74, 6) is 10.2. The number of esters is 1. The Balaban J connectivity index is 3.58. The van der Waals surface area contributed by atoms with E-state index in [0.29, 0.717) is 18.6 Å². The van der Waals surface area contributed by atoms with Gasteiger partial charge < -0.3 is 26.4 Å². The molecule has 29 heavy (non-hydrogen) atoms. The summed E-state index contributed by atoms with van der Waals surface area (Å²) in [7, 11) is 0. The van der Waals surface area contributed by atoms with E-state index in [1.54, 1.807) is 0 Å². The number of ether oxygens (including phenoxy) is 1. The second-order valence-corrected chi connectivity index (χ2v) is 7.39. The fourth-order valence-corrected chi connectivity index (χ4v) is 2.88. The zero-order chi connectivity index (χ0) is 21.9. The molecule has 0 spiro atoms. The Kier molecular flexibility index (Phi) is 16.5. The van der Waals surface area contributed by atoms with Crippen LogP contribution in [0.2, 0.25) is 0 Å². The number of carbonyl (C=O) groups excluding carboxylic acids is 1. The Hall–Kier alpha value is -2.20. The van der Waals surface area contributed by atoms with Gasteiger partial charge in [-0.15, -0.1) is 0 Å². The highest BCUT2D eigenvalue weighted by Crippen LogP contribution is 2.07. The van der Waals surface area contributed by atoms with Crippen molar-refractivity contribution < 1.29 is 29.3 Å². The summed E-state index contributed by atoms with van der Waals surface area (Å²) in [6, 6.07) is -1.70. The first-order valence-corrected chi connectivity index (χ1v) is 10.7. The van der Waals surface area contributed by atoms with Crippen molar-refractivity contribution in [1.29, 1.82) is 0 Å². The van der Waals surface area contributed by atoms with Crippen LogP contribution in [0.4, 0.5) is 0 Å². The van der Waals surface area contributed by atoms with E-state index in [4.69, 9.17) is 26.4 Å². The lowest BCUT2D eigenvalue weighted by Gasteiger charge is -2.09. The molecule has 0 aromatic heterocycles. The smallest absolute Gasteiger partial charge is 0.322 e. The third kappa shape index (κ3) is 17.6. The minimum absolute atomic E-state index is 0.0655. The number of hydrogen-bond acceptors (Lipinski definition) is 7. The van der Waals surface area contributed by atoms with Gasteiger partial charge in [0.1, 0.15) is 12.1 Å². The molecule has 2 atom stereocenters. The van der Waals surface area contributed by atoms with Crippen LogP contribution in [0.15, 0.2) is 0 Å². The molecule has 0 aliphatic rings. The van der Waals surface area contributed by atoms with Crippen LogP contribution in [0.3, 0.4) is 0 Å². The highest BCUT2D eigenvalue weighted by Gasteiger charge is 2.15. The van der Waals surface area contributed by atoms with Gasteiger partial charge in [0.25, 0.3) is 0 Å². The largest absolute Gasteiger partial charge is 0.481 e. The maximum atomic E-state index is 11.5. The van der Waals surface area contributed by atoms with E-state index in [1.165, 1.54) is 11.8 Å². The molecule has 0 heterocycles. The third-order valence-corrected chi connectivity index (χ3v) is 4.78. The quantitative estimate of drug-likeness (QED) is 0.172. The van der Waals surface area contributed by atoms with Gasteiger partial charge in [-0.1, -0.05) is 11.8 Å². The molecule has 0 radical (unpaired) electrons. The first-order valence-electron chi connectivity index (χ1n) is 9.50. The van der Waals surface area contributed by atoms with E-state index < -0.39 is 30.0 Å². The summed E-state index contributed by atoms with van der Waals surface area (Å²) < 4.78 is 4.99. The minimum Gasteiger partial charge on any atom is -0.481 e. The molecular weight excluding hydrogens is 396 g/mol. The minimum atomic E-state index is -0.993.